The first-order chi connectivity index (χ1) is 11.7. The fourth-order valence-electron chi connectivity index (χ4n) is 3.89. The molecule has 1 aromatic heterocycles. The summed E-state index contributed by atoms with van der Waals surface area (Å²) in [5.74, 6) is 1.20. The maximum Gasteiger partial charge on any atom is 0.0648 e. The molecular formula is C19H25N3OS. The molecule has 2 aromatic rings. The Morgan fingerprint density at radius 3 is 2.92 bits per heavy atom. The van der Waals surface area contributed by atoms with Gasteiger partial charge in [0.1, 0.15) is 0 Å². The van der Waals surface area contributed by atoms with E-state index in [4.69, 9.17) is 9.84 Å². The molecule has 3 heterocycles. The van der Waals surface area contributed by atoms with Gasteiger partial charge in [0, 0.05) is 48.0 Å². The van der Waals surface area contributed by atoms with Gasteiger partial charge in [-0.05, 0) is 32.4 Å². The Kier molecular flexibility index (Phi) is 4.66. The highest BCUT2D eigenvalue weighted by Gasteiger charge is 2.35. The van der Waals surface area contributed by atoms with Gasteiger partial charge in [0.15, 0.2) is 0 Å². The van der Waals surface area contributed by atoms with E-state index in [1.807, 2.05) is 6.07 Å². The Morgan fingerprint density at radius 2 is 2.08 bits per heavy atom. The monoisotopic (exact) mass is 343 g/mol. The summed E-state index contributed by atoms with van der Waals surface area (Å²) in [5, 5.41) is 5.45. The van der Waals surface area contributed by atoms with Crippen molar-refractivity contribution in [2.45, 2.75) is 38.1 Å². The minimum absolute atomic E-state index is 0.636. The minimum Gasteiger partial charge on any atom is -0.380 e. The van der Waals surface area contributed by atoms with Crippen molar-refractivity contribution in [3.8, 4) is 5.69 Å². The lowest BCUT2D eigenvalue weighted by Crippen LogP contribution is -2.51. The van der Waals surface area contributed by atoms with Crippen LogP contribution >= 0.6 is 11.8 Å². The van der Waals surface area contributed by atoms with E-state index in [9.17, 15) is 0 Å². The van der Waals surface area contributed by atoms with Gasteiger partial charge in [-0.2, -0.15) is 16.9 Å². The fraction of sp³-hybridized carbons (Fsp3) is 0.526. The maximum atomic E-state index is 5.68. The van der Waals surface area contributed by atoms with Crippen LogP contribution in [0.25, 0.3) is 5.69 Å². The number of hydrogen-bond donors (Lipinski definition) is 0. The van der Waals surface area contributed by atoms with Gasteiger partial charge in [-0.1, -0.05) is 18.2 Å². The third kappa shape index (κ3) is 3.01. The van der Waals surface area contributed by atoms with Crippen LogP contribution in [0.4, 0.5) is 0 Å². The molecule has 5 heteroatoms. The van der Waals surface area contributed by atoms with E-state index >= 15 is 0 Å². The van der Waals surface area contributed by atoms with Crippen molar-refractivity contribution in [1.29, 1.82) is 0 Å². The average molecular weight is 343 g/mol. The summed E-state index contributed by atoms with van der Waals surface area (Å²) in [4.78, 5) is 2.66. The number of aryl methyl sites for hydroxylation is 1. The predicted molar refractivity (Wildman–Crippen MR) is 98.9 cm³/mol. The lowest BCUT2D eigenvalue weighted by atomic mass is 10.0. The van der Waals surface area contributed by atoms with E-state index in [2.05, 4.69) is 59.5 Å². The number of thioether (sulfide) groups is 1. The van der Waals surface area contributed by atoms with Crippen LogP contribution in [0.1, 0.15) is 23.4 Å². The third-order valence-electron chi connectivity index (χ3n) is 5.25. The van der Waals surface area contributed by atoms with Gasteiger partial charge >= 0.3 is 0 Å². The number of rotatable bonds is 3. The molecule has 4 rings (SSSR count). The highest BCUT2D eigenvalue weighted by molar-refractivity contribution is 8.00. The Labute approximate surface area is 148 Å². The van der Waals surface area contributed by atoms with E-state index in [1.165, 1.54) is 23.6 Å². The first kappa shape index (κ1) is 16.2. The van der Waals surface area contributed by atoms with Crippen LogP contribution in [-0.2, 0) is 11.3 Å². The highest BCUT2D eigenvalue weighted by Crippen LogP contribution is 2.32. The van der Waals surface area contributed by atoms with E-state index in [1.54, 1.807) is 0 Å². The Hall–Kier alpha value is -1.30. The molecule has 0 aliphatic carbocycles. The fourth-order valence-corrected chi connectivity index (χ4v) is 5.25. The van der Waals surface area contributed by atoms with Gasteiger partial charge < -0.3 is 4.74 Å². The predicted octanol–water partition coefficient (Wildman–Crippen LogP) is 3.20. The molecule has 0 radical (unpaired) electrons. The lowest BCUT2D eigenvalue weighted by molar-refractivity contribution is 0.0350. The number of nitrogens with zero attached hydrogens (tertiary/aromatic N) is 3. The van der Waals surface area contributed by atoms with Gasteiger partial charge in [0.25, 0.3) is 0 Å². The van der Waals surface area contributed by atoms with Crippen molar-refractivity contribution in [2.24, 2.45) is 0 Å². The van der Waals surface area contributed by atoms with Crippen molar-refractivity contribution in [3.63, 3.8) is 0 Å². The van der Waals surface area contributed by atoms with Crippen molar-refractivity contribution >= 4 is 11.8 Å². The molecule has 0 spiro atoms. The van der Waals surface area contributed by atoms with Gasteiger partial charge in [-0.3, -0.25) is 4.90 Å². The molecule has 1 aromatic carbocycles. The second kappa shape index (κ2) is 6.90. The second-order valence-corrected chi connectivity index (χ2v) is 8.05. The number of fused-ring (bicyclic) bond motifs is 1. The number of para-hydroxylation sites is 1. The molecule has 0 N–H and O–H groups in total. The molecule has 2 atom stereocenters. The summed E-state index contributed by atoms with van der Waals surface area (Å²) in [7, 11) is 0. The summed E-state index contributed by atoms with van der Waals surface area (Å²) in [6.45, 7) is 8.32. The van der Waals surface area contributed by atoms with Crippen molar-refractivity contribution in [2.75, 3.05) is 25.5 Å². The molecule has 0 amide bonds. The van der Waals surface area contributed by atoms with E-state index < -0.39 is 0 Å². The topological polar surface area (TPSA) is 30.3 Å². The van der Waals surface area contributed by atoms with E-state index in [0.717, 1.165) is 37.6 Å². The molecule has 2 fully saturated rings. The number of hydrogen-bond acceptors (Lipinski definition) is 4. The molecule has 4 nitrogen and oxygen atoms in total. The Morgan fingerprint density at radius 1 is 1.25 bits per heavy atom. The number of aromatic nitrogens is 2. The smallest absolute Gasteiger partial charge is 0.0648 e. The zero-order valence-electron chi connectivity index (χ0n) is 14.4. The zero-order valence-corrected chi connectivity index (χ0v) is 15.3. The summed E-state index contributed by atoms with van der Waals surface area (Å²) < 4.78 is 7.77. The maximum absolute atomic E-state index is 5.68. The summed E-state index contributed by atoms with van der Waals surface area (Å²) >= 11 is 2.08. The Balaban J connectivity index is 1.59. The number of benzene rings is 1. The average Bonchev–Trinajstić information content (AvgIpc) is 2.91. The van der Waals surface area contributed by atoms with Crippen LogP contribution in [0.2, 0.25) is 0 Å². The largest absolute Gasteiger partial charge is 0.380 e. The van der Waals surface area contributed by atoms with Crippen LogP contribution in [-0.4, -0.2) is 51.5 Å². The molecular weight excluding hydrogens is 318 g/mol. The van der Waals surface area contributed by atoms with Gasteiger partial charge in [-0.15, -0.1) is 0 Å². The third-order valence-corrected chi connectivity index (χ3v) is 6.55. The SMILES string of the molecule is Cc1nn(-c2ccccc2)c(C)c1CN1CCS[C@H]2COCC[C@@H]21. The summed E-state index contributed by atoms with van der Waals surface area (Å²) in [6, 6.07) is 11.1. The molecule has 0 saturated carbocycles. The van der Waals surface area contributed by atoms with Crippen LogP contribution in [0.3, 0.4) is 0 Å². The summed E-state index contributed by atoms with van der Waals surface area (Å²) in [6.07, 6.45) is 1.16. The van der Waals surface area contributed by atoms with Gasteiger partial charge in [-0.25, -0.2) is 4.68 Å². The van der Waals surface area contributed by atoms with E-state index in [0.29, 0.717) is 11.3 Å². The van der Waals surface area contributed by atoms with Crippen LogP contribution in [0.5, 0.6) is 0 Å². The normalized spacial score (nSPS) is 24.8. The second-order valence-electron chi connectivity index (χ2n) is 6.71. The quantitative estimate of drug-likeness (QED) is 0.856. The molecule has 0 unspecified atom stereocenters. The molecule has 2 aliphatic heterocycles. The summed E-state index contributed by atoms with van der Waals surface area (Å²) in [5.41, 5.74) is 4.94. The van der Waals surface area contributed by atoms with Crippen LogP contribution in [0, 0.1) is 13.8 Å². The molecule has 128 valence electrons. The molecule has 2 saturated heterocycles. The highest BCUT2D eigenvalue weighted by atomic mass is 32.2. The van der Waals surface area contributed by atoms with Crippen LogP contribution < -0.4 is 0 Å². The Bertz CT molecular complexity index is 698. The van der Waals surface area contributed by atoms with Crippen molar-refractivity contribution in [1.82, 2.24) is 14.7 Å². The molecule has 24 heavy (non-hydrogen) atoms. The van der Waals surface area contributed by atoms with E-state index in [-0.39, 0.29) is 0 Å². The molecule has 2 aliphatic rings. The first-order valence-corrected chi connectivity index (χ1v) is 9.83. The van der Waals surface area contributed by atoms with Crippen molar-refractivity contribution < 1.29 is 4.74 Å². The molecule has 0 bridgehead atoms. The zero-order chi connectivity index (χ0) is 16.5. The number of ether oxygens (including phenoxy) is 1. The lowest BCUT2D eigenvalue weighted by Gasteiger charge is -2.43. The van der Waals surface area contributed by atoms with Gasteiger partial charge in [0.2, 0.25) is 0 Å². The van der Waals surface area contributed by atoms with Crippen molar-refractivity contribution in [3.05, 3.63) is 47.3 Å². The first-order valence-electron chi connectivity index (χ1n) is 8.78. The van der Waals surface area contributed by atoms with Gasteiger partial charge in [0.05, 0.1) is 18.0 Å². The van der Waals surface area contributed by atoms with Crippen LogP contribution in [0.15, 0.2) is 30.3 Å². The standard InChI is InChI=1S/C19H25N3OS/c1-14-17(15(2)22(20-14)16-6-4-3-5-7-16)12-21-9-11-24-19-13-23-10-8-18(19)21/h3-7,18-19H,8-13H2,1-2H3/t18-,19-/m0/s1. The minimum atomic E-state index is 0.636.